The van der Waals surface area contributed by atoms with Gasteiger partial charge in [0, 0.05) is 17.5 Å². The van der Waals surface area contributed by atoms with Crippen LogP contribution in [0.15, 0.2) is 6.07 Å². The summed E-state index contributed by atoms with van der Waals surface area (Å²) in [6.45, 7) is 8.62. The molecule has 0 radical (unpaired) electrons. The molecule has 4 N–H and O–H groups in total. The molecule has 1 heterocycles. The molecule has 21 heavy (non-hydrogen) atoms. The smallest absolute Gasteiger partial charge is 0.145 e. The van der Waals surface area contributed by atoms with Gasteiger partial charge in [-0.3, -0.25) is 0 Å². The topological polar surface area (TPSA) is 75.9 Å². The second-order valence-electron chi connectivity index (χ2n) is 7.13. The summed E-state index contributed by atoms with van der Waals surface area (Å²) >= 11 is 0. The number of nitrogens with two attached hydrogens (primary N) is 1. The Kier molecular flexibility index (Phi) is 5.04. The summed E-state index contributed by atoms with van der Waals surface area (Å²) in [5.74, 6) is 8.79. The van der Waals surface area contributed by atoms with Crippen LogP contribution >= 0.6 is 0 Å². The van der Waals surface area contributed by atoms with Crippen LogP contribution in [0.2, 0.25) is 0 Å². The molecule has 1 fully saturated rings. The highest BCUT2D eigenvalue weighted by atomic mass is 15.3. The van der Waals surface area contributed by atoms with E-state index in [2.05, 4.69) is 48.4 Å². The van der Waals surface area contributed by atoms with Gasteiger partial charge in [-0.05, 0) is 31.6 Å². The van der Waals surface area contributed by atoms with E-state index in [-0.39, 0.29) is 5.41 Å². The lowest BCUT2D eigenvalue weighted by Crippen LogP contribution is -2.27. The third kappa shape index (κ3) is 4.30. The Labute approximate surface area is 128 Å². The monoisotopic (exact) mass is 291 g/mol. The summed E-state index contributed by atoms with van der Waals surface area (Å²) < 4.78 is 0. The van der Waals surface area contributed by atoms with Crippen LogP contribution in [0.5, 0.6) is 0 Å². The minimum absolute atomic E-state index is 0.0941. The van der Waals surface area contributed by atoms with Gasteiger partial charge < -0.3 is 10.7 Å². The molecule has 1 aromatic rings. The van der Waals surface area contributed by atoms with Crippen molar-refractivity contribution in [3.63, 3.8) is 0 Å². The van der Waals surface area contributed by atoms with Crippen molar-refractivity contribution in [2.75, 3.05) is 10.7 Å². The highest BCUT2D eigenvalue weighted by Crippen LogP contribution is 2.29. The van der Waals surface area contributed by atoms with E-state index in [0.29, 0.717) is 11.9 Å². The van der Waals surface area contributed by atoms with Crippen LogP contribution < -0.4 is 16.6 Å². The molecule has 0 amide bonds. The van der Waals surface area contributed by atoms with Crippen molar-refractivity contribution in [2.45, 2.75) is 71.3 Å². The summed E-state index contributed by atoms with van der Waals surface area (Å²) in [4.78, 5) is 9.12. The van der Waals surface area contributed by atoms with Gasteiger partial charge in [-0.25, -0.2) is 15.8 Å². The molecule has 0 aromatic carbocycles. The molecule has 0 saturated heterocycles. The van der Waals surface area contributed by atoms with Gasteiger partial charge in [0.1, 0.15) is 17.5 Å². The Morgan fingerprint density at radius 2 is 1.76 bits per heavy atom. The maximum atomic E-state index is 5.53. The Hall–Kier alpha value is -1.36. The Bertz CT molecular complexity index is 458. The second kappa shape index (κ2) is 6.60. The third-order valence-corrected chi connectivity index (χ3v) is 4.32. The van der Waals surface area contributed by atoms with Crippen molar-refractivity contribution in [3.8, 4) is 0 Å². The highest BCUT2D eigenvalue weighted by Gasteiger charge is 2.22. The van der Waals surface area contributed by atoms with Crippen molar-refractivity contribution < 1.29 is 0 Å². The van der Waals surface area contributed by atoms with Gasteiger partial charge in [0.2, 0.25) is 0 Å². The molecule has 0 spiro atoms. The molecule has 1 aliphatic carbocycles. The summed E-state index contributed by atoms with van der Waals surface area (Å²) in [5, 5.41) is 3.57. The van der Waals surface area contributed by atoms with Gasteiger partial charge in [-0.1, -0.05) is 34.1 Å². The van der Waals surface area contributed by atoms with E-state index in [1.165, 1.54) is 32.1 Å². The fourth-order valence-electron chi connectivity index (χ4n) is 2.85. The van der Waals surface area contributed by atoms with Crippen molar-refractivity contribution in [3.05, 3.63) is 11.9 Å². The zero-order valence-electron chi connectivity index (χ0n) is 13.7. The lowest BCUT2D eigenvalue weighted by atomic mass is 9.84. The molecule has 2 rings (SSSR count). The first-order chi connectivity index (χ1) is 9.92. The third-order valence-electron chi connectivity index (χ3n) is 4.32. The standard InChI is InChI=1S/C16H29N5/c1-5-11-6-8-12(9-7-11)18-13-10-14(21-17)20-15(19-13)16(2,3)4/h10-12H,5-9,17H2,1-4H3,(H2,18,19,20,21). The number of anilines is 2. The van der Waals surface area contributed by atoms with Gasteiger partial charge in [0.05, 0.1) is 0 Å². The van der Waals surface area contributed by atoms with Gasteiger partial charge in [-0.15, -0.1) is 0 Å². The fraction of sp³-hybridized carbons (Fsp3) is 0.750. The average molecular weight is 291 g/mol. The van der Waals surface area contributed by atoms with Crippen molar-refractivity contribution in [2.24, 2.45) is 11.8 Å². The van der Waals surface area contributed by atoms with Crippen molar-refractivity contribution in [1.82, 2.24) is 9.97 Å². The summed E-state index contributed by atoms with van der Waals surface area (Å²) in [5.41, 5.74) is 2.55. The SMILES string of the molecule is CCC1CCC(Nc2cc(NN)nc(C(C)(C)C)n2)CC1. The second-order valence-corrected chi connectivity index (χ2v) is 7.13. The van der Waals surface area contributed by atoms with E-state index in [4.69, 9.17) is 5.84 Å². The average Bonchev–Trinajstić information content (AvgIpc) is 2.46. The van der Waals surface area contributed by atoms with Crippen LogP contribution in [-0.4, -0.2) is 16.0 Å². The highest BCUT2D eigenvalue weighted by molar-refractivity contribution is 5.48. The number of aromatic nitrogens is 2. The van der Waals surface area contributed by atoms with Gasteiger partial charge in [-0.2, -0.15) is 0 Å². The van der Waals surface area contributed by atoms with Gasteiger partial charge >= 0.3 is 0 Å². The predicted molar refractivity (Wildman–Crippen MR) is 88.2 cm³/mol. The van der Waals surface area contributed by atoms with E-state index in [9.17, 15) is 0 Å². The summed E-state index contributed by atoms with van der Waals surface area (Å²) in [6.07, 6.45) is 6.37. The van der Waals surface area contributed by atoms with Crippen molar-refractivity contribution >= 4 is 11.6 Å². The van der Waals surface area contributed by atoms with E-state index >= 15 is 0 Å². The Morgan fingerprint density at radius 3 is 2.29 bits per heavy atom. The van der Waals surface area contributed by atoms with Crippen LogP contribution in [0, 0.1) is 5.92 Å². The van der Waals surface area contributed by atoms with Gasteiger partial charge in [0.15, 0.2) is 0 Å². The number of nitrogens with one attached hydrogen (secondary N) is 2. The number of nitrogens with zero attached hydrogens (tertiary/aromatic N) is 2. The van der Waals surface area contributed by atoms with Crippen molar-refractivity contribution in [1.29, 1.82) is 0 Å². The molecule has 5 heteroatoms. The number of hydrogen-bond donors (Lipinski definition) is 3. The van der Waals surface area contributed by atoms with Crippen LogP contribution in [-0.2, 0) is 5.41 Å². The largest absolute Gasteiger partial charge is 0.367 e. The molecule has 1 aliphatic rings. The molecule has 0 bridgehead atoms. The number of nitrogen functional groups attached to an aromatic ring is 1. The molecule has 0 atom stereocenters. The van der Waals surface area contributed by atoms with Crippen LogP contribution in [0.1, 0.15) is 65.6 Å². The molecule has 118 valence electrons. The maximum absolute atomic E-state index is 5.53. The van der Waals surface area contributed by atoms with E-state index < -0.39 is 0 Å². The first kappa shape index (κ1) is 16.0. The molecule has 0 aliphatic heterocycles. The van der Waals surface area contributed by atoms with Crippen LogP contribution in [0.25, 0.3) is 0 Å². The minimum atomic E-state index is -0.0941. The molecule has 1 saturated carbocycles. The molecular formula is C16H29N5. The van der Waals surface area contributed by atoms with E-state index in [0.717, 1.165) is 17.6 Å². The van der Waals surface area contributed by atoms with E-state index in [1.54, 1.807) is 0 Å². The molecule has 5 nitrogen and oxygen atoms in total. The normalized spacial score (nSPS) is 22.9. The maximum Gasteiger partial charge on any atom is 0.145 e. The Morgan fingerprint density at radius 1 is 1.14 bits per heavy atom. The summed E-state index contributed by atoms with van der Waals surface area (Å²) in [6, 6.07) is 2.40. The quantitative estimate of drug-likeness (QED) is 0.585. The first-order valence-corrected chi connectivity index (χ1v) is 8.05. The first-order valence-electron chi connectivity index (χ1n) is 8.05. The predicted octanol–water partition coefficient (Wildman–Crippen LogP) is 3.44. The number of hydrazine groups is 1. The minimum Gasteiger partial charge on any atom is -0.367 e. The molecular weight excluding hydrogens is 262 g/mol. The van der Waals surface area contributed by atoms with Crippen LogP contribution in [0.3, 0.4) is 0 Å². The van der Waals surface area contributed by atoms with Crippen LogP contribution in [0.4, 0.5) is 11.6 Å². The number of rotatable bonds is 4. The Balaban J connectivity index is 2.09. The molecule has 0 unspecified atom stereocenters. The summed E-state index contributed by atoms with van der Waals surface area (Å²) in [7, 11) is 0. The van der Waals surface area contributed by atoms with Gasteiger partial charge in [0.25, 0.3) is 0 Å². The fourth-order valence-corrected chi connectivity index (χ4v) is 2.85. The zero-order chi connectivity index (χ0) is 15.5. The zero-order valence-corrected chi connectivity index (χ0v) is 13.7. The lowest BCUT2D eigenvalue weighted by molar-refractivity contribution is 0.329. The lowest BCUT2D eigenvalue weighted by Gasteiger charge is -2.29. The molecule has 1 aromatic heterocycles. The van der Waals surface area contributed by atoms with E-state index in [1.807, 2.05) is 6.07 Å². The number of hydrogen-bond acceptors (Lipinski definition) is 5.